The van der Waals surface area contributed by atoms with E-state index in [1.54, 1.807) is 11.3 Å². The second kappa shape index (κ2) is 8.30. The average molecular weight is 446 g/mol. The highest BCUT2D eigenvalue weighted by atomic mass is 32.1. The number of carbonyl (C=O) groups excluding carboxylic acids is 1. The Bertz CT molecular complexity index is 1150. The zero-order valence-corrected chi connectivity index (χ0v) is 18.9. The lowest BCUT2D eigenvalue weighted by molar-refractivity contribution is -0.132. The maximum absolute atomic E-state index is 13.1. The Hall–Kier alpha value is -2.77. The number of fused-ring (bicyclic) bond motifs is 3. The summed E-state index contributed by atoms with van der Waals surface area (Å²) in [5, 5.41) is 3.46. The summed E-state index contributed by atoms with van der Waals surface area (Å²) in [7, 11) is 0. The van der Waals surface area contributed by atoms with Gasteiger partial charge >= 0.3 is 0 Å². The smallest absolute Gasteiger partial charge is 0.237 e. The summed E-state index contributed by atoms with van der Waals surface area (Å²) in [5.74, 6) is 1.08. The highest BCUT2D eigenvalue weighted by Crippen LogP contribution is 2.34. The van der Waals surface area contributed by atoms with E-state index >= 15 is 0 Å². The predicted octanol–water partition coefficient (Wildman–Crippen LogP) is 3.66. The van der Waals surface area contributed by atoms with Crippen molar-refractivity contribution in [2.75, 3.05) is 37.6 Å². The first-order valence-electron chi connectivity index (χ1n) is 11.5. The van der Waals surface area contributed by atoms with Gasteiger partial charge in [0.1, 0.15) is 0 Å². The van der Waals surface area contributed by atoms with Crippen molar-refractivity contribution in [1.82, 2.24) is 19.8 Å². The monoisotopic (exact) mass is 445 g/mol. The topological polar surface area (TPSA) is 52.6 Å². The standard InChI is InChI=1S/C25H27N5OS/c31-23(17-28-15-20-5-6-21(16-28)30(20)25-26-10-2-11-27-25)29-12-7-18(8-13-29)22-4-1-3-19-9-14-32-24(19)22/h1-4,7,9-11,14,20-21H,5-6,8,12-13,15-17H2. The van der Waals surface area contributed by atoms with Crippen LogP contribution in [0.2, 0.25) is 0 Å². The molecule has 2 aromatic heterocycles. The van der Waals surface area contributed by atoms with Crippen molar-refractivity contribution in [1.29, 1.82) is 0 Å². The Kier molecular flexibility index (Phi) is 5.15. The Morgan fingerprint density at radius 2 is 1.88 bits per heavy atom. The van der Waals surface area contributed by atoms with Crippen molar-refractivity contribution in [3.05, 3.63) is 59.7 Å². The van der Waals surface area contributed by atoms with Crippen LogP contribution >= 0.6 is 11.3 Å². The van der Waals surface area contributed by atoms with Gasteiger partial charge in [0.05, 0.1) is 6.54 Å². The summed E-state index contributed by atoms with van der Waals surface area (Å²) >= 11 is 1.80. The third-order valence-electron chi connectivity index (χ3n) is 7.09. The summed E-state index contributed by atoms with van der Waals surface area (Å²) in [6, 6.07) is 11.4. The number of likely N-dealkylation sites (tertiary alicyclic amines) is 1. The molecule has 7 heteroatoms. The van der Waals surface area contributed by atoms with Gasteiger partial charge in [0.15, 0.2) is 0 Å². The molecule has 2 fully saturated rings. The van der Waals surface area contributed by atoms with Crippen LogP contribution in [0.1, 0.15) is 24.8 Å². The van der Waals surface area contributed by atoms with E-state index in [9.17, 15) is 4.79 Å². The van der Waals surface area contributed by atoms with E-state index in [0.717, 1.165) is 44.8 Å². The molecule has 0 spiro atoms. The van der Waals surface area contributed by atoms with Gasteiger partial charge in [0.2, 0.25) is 11.9 Å². The molecule has 2 atom stereocenters. The van der Waals surface area contributed by atoms with E-state index in [4.69, 9.17) is 0 Å². The van der Waals surface area contributed by atoms with Crippen LogP contribution in [0.3, 0.4) is 0 Å². The molecule has 5 heterocycles. The van der Waals surface area contributed by atoms with Gasteiger partial charge in [-0.25, -0.2) is 9.97 Å². The van der Waals surface area contributed by atoms with Crippen molar-refractivity contribution in [3.8, 4) is 0 Å². The third kappa shape index (κ3) is 3.59. The van der Waals surface area contributed by atoms with Gasteiger partial charge in [-0.3, -0.25) is 9.69 Å². The van der Waals surface area contributed by atoms with Gasteiger partial charge in [-0.2, -0.15) is 0 Å². The van der Waals surface area contributed by atoms with Crippen LogP contribution in [0.5, 0.6) is 0 Å². The van der Waals surface area contributed by atoms with E-state index < -0.39 is 0 Å². The van der Waals surface area contributed by atoms with E-state index in [1.165, 1.54) is 21.2 Å². The molecule has 164 valence electrons. The molecule has 1 amide bonds. The zero-order valence-electron chi connectivity index (χ0n) is 18.1. The molecule has 2 bridgehead atoms. The molecule has 3 aliphatic heterocycles. The van der Waals surface area contributed by atoms with E-state index in [0.29, 0.717) is 25.2 Å². The molecule has 0 radical (unpaired) electrons. The molecule has 2 unspecified atom stereocenters. The van der Waals surface area contributed by atoms with Crippen LogP contribution in [0.4, 0.5) is 5.95 Å². The van der Waals surface area contributed by atoms with Gasteiger partial charge in [0, 0.05) is 55.4 Å². The summed E-state index contributed by atoms with van der Waals surface area (Å²) in [5.41, 5.74) is 2.71. The normalized spacial score (nSPS) is 23.6. The van der Waals surface area contributed by atoms with Crippen LogP contribution in [0, 0.1) is 0 Å². The fourth-order valence-corrected chi connectivity index (χ4v) is 6.50. The molecule has 3 aliphatic rings. The Balaban J connectivity index is 1.09. The number of thiophene rings is 1. The van der Waals surface area contributed by atoms with Crippen molar-refractivity contribution in [2.45, 2.75) is 31.3 Å². The number of piperazine rings is 1. The van der Waals surface area contributed by atoms with Gasteiger partial charge < -0.3 is 9.80 Å². The summed E-state index contributed by atoms with van der Waals surface area (Å²) < 4.78 is 1.36. The molecular formula is C25H27N5OS. The molecule has 6 nitrogen and oxygen atoms in total. The largest absolute Gasteiger partial charge is 0.338 e. The quantitative estimate of drug-likeness (QED) is 0.614. The number of hydrogen-bond acceptors (Lipinski definition) is 6. The lowest BCUT2D eigenvalue weighted by Crippen LogP contribution is -2.56. The number of nitrogens with zero attached hydrogens (tertiary/aromatic N) is 5. The number of hydrogen-bond donors (Lipinski definition) is 0. The fraction of sp³-hybridized carbons (Fsp3) is 0.400. The molecule has 0 N–H and O–H groups in total. The lowest BCUT2D eigenvalue weighted by Gasteiger charge is -2.41. The van der Waals surface area contributed by atoms with Gasteiger partial charge in [0.25, 0.3) is 0 Å². The minimum absolute atomic E-state index is 0.249. The number of aromatic nitrogens is 2. The number of rotatable bonds is 4. The molecule has 0 saturated carbocycles. The van der Waals surface area contributed by atoms with Crippen LogP contribution in [-0.4, -0.2) is 70.5 Å². The first-order valence-corrected chi connectivity index (χ1v) is 12.4. The molecule has 1 aromatic carbocycles. The van der Waals surface area contributed by atoms with Crippen LogP contribution in [-0.2, 0) is 4.79 Å². The van der Waals surface area contributed by atoms with Gasteiger partial charge in [-0.15, -0.1) is 11.3 Å². The molecule has 32 heavy (non-hydrogen) atoms. The maximum atomic E-state index is 13.1. The van der Waals surface area contributed by atoms with E-state index in [-0.39, 0.29) is 5.91 Å². The van der Waals surface area contributed by atoms with Crippen LogP contribution in [0.25, 0.3) is 15.7 Å². The zero-order chi connectivity index (χ0) is 21.5. The SMILES string of the molecule is O=C(CN1CC2CCC(C1)N2c1ncccn1)N1CC=C(c2cccc3ccsc23)CC1. The van der Waals surface area contributed by atoms with Crippen LogP contribution < -0.4 is 4.90 Å². The van der Waals surface area contributed by atoms with Crippen molar-refractivity contribution in [3.63, 3.8) is 0 Å². The van der Waals surface area contributed by atoms with Crippen molar-refractivity contribution >= 4 is 38.9 Å². The van der Waals surface area contributed by atoms with Crippen molar-refractivity contribution < 1.29 is 4.79 Å². The molecule has 0 aliphatic carbocycles. The van der Waals surface area contributed by atoms with Crippen molar-refractivity contribution in [2.24, 2.45) is 0 Å². The molecule has 2 saturated heterocycles. The fourth-order valence-electron chi connectivity index (χ4n) is 5.55. The van der Waals surface area contributed by atoms with Crippen LogP contribution in [0.15, 0.2) is 54.2 Å². The van der Waals surface area contributed by atoms with E-state index in [1.807, 2.05) is 23.4 Å². The summed E-state index contributed by atoms with van der Waals surface area (Å²) in [6.07, 6.45) is 9.11. The maximum Gasteiger partial charge on any atom is 0.237 e. The summed E-state index contributed by atoms with van der Waals surface area (Å²) in [4.78, 5) is 28.8. The average Bonchev–Trinajstić information content (AvgIpc) is 3.42. The Morgan fingerprint density at radius 1 is 1.06 bits per heavy atom. The second-order valence-corrected chi connectivity index (χ2v) is 9.91. The second-order valence-electron chi connectivity index (χ2n) is 9.00. The minimum atomic E-state index is 0.249. The summed E-state index contributed by atoms with van der Waals surface area (Å²) in [6.45, 7) is 3.85. The molecule has 3 aromatic rings. The number of amides is 1. The highest BCUT2D eigenvalue weighted by Gasteiger charge is 2.41. The Morgan fingerprint density at radius 3 is 2.62 bits per heavy atom. The van der Waals surface area contributed by atoms with Gasteiger partial charge in [-0.05, 0) is 53.3 Å². The number of anilines is 1. The third-order valence-corrected chi connectivity index (χ3v) is 8.05. The molecule has 6 rings (SSSR count). The Labute approximate surface area is 192 Å². The van der Waals surface area contributed by atoms with Gasteiger partial charge in [-0.1, -0.05) is 24.3 Å². The lowest BCUT2D eigenvalue weighted by atomic mass is 9.98. The molecular weight excluding hydrogens is 418 g/mol. The first kappa shape index (κ1) is 19.9. The van der Waals surface area contributed by atoms with E-state index in [2.05, 4.69) is 55.5 Å². The minimum Gasteiger partial charge on any atom is -0.338 e. The highest BCUT2D eigenvalue weighted by molar-refractivity contribution is 7.17. The number of benzene rings is 1. The predicted molar refractivity (Wildman–Crippen MR) is 129 cm³/mol. The number of carbonyl (C=O) groups is 1. The first-order chi connectivity index (χ1) is 15.8.